The number of anilines is 1. The topological polar surface area (TPSA) is 92.3 Å². The molecule has 0 aliphatic rings. The first kappa shape index (κ1) is 21.7. The molecule has 0 bridgehead atoms. The highest BCUT2D eigenvalue weighted by Gasteiger charge is 2.21. The summed E-state index contributed by atoms with van der Waals surface area (Å²) >= 11 is 0. The van der Waals surface area contributed by atoms with Gasteiger partial charge >= 0.3 is 12.6 Å². The summed E-state index contributed by atoms with van der Waals surface area (Å²) in [6.07, 6.45) is 0. The molecule has 0 atom stereocenters. The Morgan fingerprint density at radius 1 is 0.966 bits per heavy atom. The molecule has 0 aliphatic carbocycles. The van der Waals surface area contributed by atoms with Gasteiger partial charge in [0.1, 0.15) is 11.5 Å². The van der Waals surface area contributed by atoms with Crippen molar-refractivity contribution < 1.29 is 42.1 Å². The van der Waals surface area contributed by atoms with Crippen molar-refractivity contribution in [3.8, 4) is 23.0 Å². The molecule has 1 amide bonds. The van der Waals surface area contributed by atoms with E-state index in [-0.39, 0.29) is 22.7 Å². The van der Waals surface area contributed by atoms with Crippen LogP contribution in [0.1, 0.15) is 10.4 Å². The summed E-state index contributed by atoms with van der Waals surface area (Å²) in [6, 6.07) is 8.69. The number of methoxy groups -OCH3 is 3. The van der Waals surface area contributed by atoms with E-state index in [1.807, 2.05) is 0 Å². The maximum absolute atomic E-state index is 12.6. The summed E-state index contributed by atoms with van der Waals surface area (Å²) in [4.78, 5) is 24.2. The first-order valence-electron chi connectivity index (χ1n) is 8.19. The van der Waals surface area contributed by atoms with E-state index >= 15 is 0 Å². The molecule has 0 heterocycles. The van der Waals surface area contributed by atoms with Gasteiger partial charge in [-0.25, -0.2) is 4.79 Å². The number of halogens is 2. The van der Waals surface area contributed by atoms with Gasteiger partial charge in [0.05, 0.1) is 32.6 Å². The summed E-state index contributed by atoms with van der Waals surface area (Å²) in [5.74, 6) is -0.906. The molecule has 8 nitrogen and oxygen atoms in total. The van der Waals surface area contributed by atoms with Gasteiger partial charge in [0.15, 0.2) is 18.1 Å². The van der Waals surface area contributed by atoms with Crippen LogP contribution >= 0.6 is 0 Å². The lowest BCUT2D eigenvalue weighted by atomic mass is 10.1. The van der Waals surface area contributed by atoms with Gasteiger partial charge in [0.25, 0.3) is 5.91 Å². The largest absolute Gasteiger partial charge is 0.497 e. The number of carbonyl (C=O) groups excluding carboxylic acids is 2. The van der Waals surface area contributed by atoms with E-state index in [9.17, 15) is 18.4 Å². The normalized spacial score (nSPS) is 10.3. The molecule has 2 aromatic rings. The smallest absolute Gasteiger partial charge is 0.387 e. The quantitative estimate of drug-likeness (QED) is 0.634. The van der Waals surface area contributed by atoms with Gasteiger partial charge in [0.2, 0.25) is 0 Å². The molecule has 29 heavy (non-hydrogen) atoms. The molecule has 156 valence electrons. The van der Waals surface area contributed by atoms with E-state index < -0.39 is 25.1 Å². The van der Waals surface area contributed by atoms with Gasteiger partial charge in [-0.3, -0.25) is 4.79 Å². The van der Waals surface area contributed by atoms with Crippen molar-refractivity contribution in [1.82, 2.24) is 0 Å². The molecule has 0 saturated heterocycles. The number of esters is 1. The molecule has 0 fully saturated rings. The number of carbonyl (C=O) groups is 2. The SMILES string of the molecule is COC(=O)c1cc(OC)c(OC(F)F)cc1NC(=O)COc1ccc(OC)cc1. The minimum absolute atomic E-state index is 0.100. The van der Waals surface area contributed by atoms with Gasteiger partial charge in [-0.1, -0.05) is 0 Å². The van der Waals surface area contributed by atoms with E-state index in [1.165, 1.54) is 14.2 Å². The second-order valence-corrected chi connectivity index (χ2v) is 5.43. The van der Waals surface area contributed by atoms with Crippen molar-refractivity contribution in [3.05, 3.63) is 42.0 Å². The molecule has 0 aromatic heterocycles. The Morgan fingerprint density at radius 2 is 1.62 bits per heavy atom. The molecule has 0 unspecified atom stereocenters. The van der Waals surface area contributed by atoms with E-state index in [4.69, 9.17) is 14.2 Å². The van der Waals surface area contributed by atoms with Crippen molar-refractivity contribution in [2.75, 3.05) is 33.3 Å². The number of ether oxygens (including phenoxy) is 5. The number of alkyl halides is 2. The van der Waals surface area contributed by atoms with Gasteiger partial charge in [-0.15, -0.1) is 0 Å². The molecule has 2 rings (SSSR count). The minimum Gasteiger partial charge on any atom is -0.497 e. The molecule has 1 N–H and O–H groups in total. The Bertz CT molecular complexity index is 856. The zero-order valence-electron chi connectivity index (χ0n) is 15.9. The predicted molar refractivity (Wildman–Crippen MR) is 98.1 cm³/mol. The lowest BCUT2D eigenvalue weighted by Crippen LogP contribution is -2.22. The lowest BCUT2D eigenvalue weighted by molar-refractivity contribution is -0.118. The van der Waals surface area contributed by atoms with Gasteiger partial charge in [-0.05, 0) is 24.3 Å². The Balaban J connectivity index is 2.19. The Labute approximate surface area is 165 Å². The van der Waals surface area contributed by atoms with Crippen LogP contribution in [0, 0.1) is 0 Å². The fraction of sp³-hybridized carbons (Fsp3) is 0.263. The van der Waals surface area contributed by atoms with Gasteiger partial charge < -0.3 is 29.0 Å². The highest BCUT2D eigenvalue weighted by atomic mass is 19.3. The predicted octanol–water partition coefficient (Wildman–Crippen LogP) is 3.11. The minimum atomic E-state index is -3.13. The first-order valence-corrected chi connectivity index (χ1v) is 8.19. The summed E-state index contributed by atoms with van der Waals surface area (Å²) in [7, 11) is 3.87. The van der Waals surface area contributed by atoms with Crippen LogP contribution in [-0.4, -0.2) is 46.4 Å². The van der Waals surface area contributed by atoms with Gasteiger partial charge in [-0.2, -0.15) is 8.78 Å². The molecule has 0 saturated carbocycles. The van der Waals surface area contributed by atoms with Crippen LogP contribution in [0.5, 0.6) is 23.0 Å². The Kier molecular flexibility index (Phi) is 7.58. The third kappa shape index (κ3) is 5.96. The van der Waals surface area contributed by atoms with Crippen LogP contribution in [0.15, 0.2) is 36.4 Å². The standard InChI is InChI=1S/C19H19F2NO7/c1-25-11-4-6-12(7-5-11)28-10-17(23)22-14-9-16(29-19(20)21)15(26-2)8-13(14)18(24)27-3/h4-9,19H,10H2,1-3H3,(H,22,23). The van der Waals surface area contributed by atoms with Crippen LogP contribution in [0.3, 0.4) is 0 Å². The number of amides is 1. The maximum Gasteiger partial charge on any atom is 0.387 e. The molecular weight excluding hydrogens is 392 g/mol. The van der Waals surface area contributed by atoms with Crippen LogP contribution in [0.25, 0.3) is 0 Å². The highest BCUT2D eigenvalue weighted by Crippen LogP contribution is 2.35. The molecule has 0 spiro atoms. The number of hydrogen-bond acceptors (Lipinski definition) is 7. The number of nitrogens with one attached hydrogen (secondary N) is 1. The molecular formula is C19H19F2NO7. The zero-order valence-corrected chi connectivity index (χ0v) is 15.9. The molecule has 10 heteroatoms. The van der Waals surface area contributed by atoms with Crippen molar-refractivity contribution in [2.24, 2.45) is 0 Å². The second kappa shape index (κ2) is 10.1. The monoisotopic (exact) mass is 411 g/mol. The van der Waals surface area contributed by atoms with Crippen molar-refractivity contribution in [1.29, 1.82) is 0 Å². The van der Waals surface area contributed by atoms with Crippen LogP contribution < -0.4 is 24.3 Å². The summed E-state index contributed by atoms with van der Waals surface area (Å²) in [5, 5.41) is 2.41. The van der Waals surface area contributed by atoms with Crippen LogP contribution in [-0.2, 0) is 9.53 Å². The summed E-state index contributed by atoms with van der Waals surface area (Å²) in [5.41, 5.74) is -0.208. The number of rotatable bonds is 9. The van der Waals surface area contributed by atoms with Crippen molar-refractivity contribution >= 4 is 17.6 Å². The molecule has 0 aliphatic heterocycles. The average molecular weight is 411 g/mol. The molecule has 2 aromatic carbocycles. The summed E-state index contributed by atoms with van der Waals surface area (Å²) < 4.78 is 49.6. The fourth-order valence-corrected chi connectivity index (χ4v) is 2.30. The number of benzene rings is 2. The van der Waals surface area contributed by atoms with Gasteiger partial charge in [0, 0.05) is 12.1 Å². The zero-order chi connectivity index (χ0) is 21.4. The van der Waals surface area contributed by atoms with Crippen LogP contribution in [0.2, 0.25) is 0 Å². The van der Waals surface area contributed by atoms with E-state index in [1.54, 1.807) is 24.3 Å². The average Bonchev–Trinajstić information content (AvgIpc) is 2.71. The molecule has 0 radical (unpaired) electrons. The third-order valence-corrected chi connectivity index (χ3v) is 3.63. The first-order chi connectivity index (χ1) is 13.9. The Morgan fingerprint density at radius 3 is 2.17 bits per heavy atom. The van der Waals surface area contributed by atoms with Crippen LogP contribution in [0.4, 0.5) is 14.5 Å². The fourth-order valence-electron chi connectivity index (χ4n) is 2.30. The van der Waals surface area contributed by atoms with Crippen molar-refractivity contribution in [2.45, 2.75) is 6.61 Å². The maximum atomic E-state index is 12.6. The second-order valence-electron chi connectivity index (χ2n) is 5.43. The Hall–Kier alpha value is -3.56. The van der Waals surface area contributed by atoms with E-state index in [0.29, 0.717) is 11.5 Å². The van der Waals surface area contributed by atoms with E-state index in [2.05, 4.69) is 14.8 Å². The lowest BCUT2D eigenvalue weighted by Gasteiger charge is -2.15. The highest BCUT2D eigenvalue weighted by molar-refractivity contribution is 6.02. The number of hydrogen-bond donors (Lipinski definition) is 1. The summed E-state index contributed by atoms with van der Waals surface area (Å²) in [6.45, 7) is -3.53. The van der Waals surface area contributed by atoms with Crippen molar-refractivity contribution in [3.63, 3.8) is 0 Å². The third-order valence-electron chi connectivity index (χ3n) is 3.63. The van der Waals surface area contributed by atoms with E-state index in [0.717, 1.165) is 19.2 Å².